The van der Waals surface area contributed by atoms with Crippen LogP contribution < -0.4 is 5.32 Å². The fraction of sp³-hybridized carbons (Fsp3) is 0.375. The number of aryl methyl sites for hydroxylation is 1. The number of hydrogen-bond acceptors (Lipinski definition) is 4. The predicted molar refractivity (Wildman–Crippen MR) is 100 cm³/mol. The number of hydrogen-bond donors (Lipinski definition) is 1. The summed E-state index contributed by atoms with van der Waals surface area (Å²) in [6.07, 6.45) is 1.01. The van der Waals surface area contributed by atoms with Gasteiger partial charge in [-0.05, 0) is 19.9 Å². The van der Waals surface area contributed by atoms with E-state index in [2.05, 4.69) is 10.3 Å². The van der Waals surface area contributed by atoms with Gasteiger partial charge in [0.25, 0.3) is 5.91 Å². The van der Waals surface area contributed by atoms with Crippen molar-refractivity contribution in [3.8, 4) is 10.6 Å². The molecular formula is C16H21Cl2N3OS. The predicted octanol–water partition coefficient (Wildman–Crippen LogP) is 3.40. The lowest BCUT2D eigenvalue weighted by Gasteiger charge is -2.19. The van der Waals surface area contributed by atoms with Gasteiger partial charge in [0, 0.05) is 25.2 Å². The van der Waals surface area contributed by atoms with E-state index < -0.39 is 0 Å². The van der Waals surface area contributed by atoms with Gasteiger partial charge < -0.3 is 10.2 Å². The van der Waals surface area contributed by atoms with Crippen molar-refractivity contribution >= 4 is 42.1 Å². The van der Waals surface area contributed by atoms with Crippen LogP contribution >= 0.6 is 36.2 Å². The van der Waals surface area contributed by atoms with Crippen molar-refractivity contribution < 1.29 is 4.79 Å². The highest BCUT2D eigenvalue weighted by atomic mass is 35.5. The van der Waals surface area contributed by atoms with Gasteiger partial charge in [0.05, 0.1) is 5.69 Å². The van der Waals surface area contributed by atoms with E-state index >= 15 is 0 Å². The molecule has 7 heteroatoms. The molecule has 0 aliphatic carbocycles. The summed E-state index contributed by atoms with van der Waals surface area (Å²) in [6, 6.07) is 10.0. The van der Waals surface area contributed by atoms with Gasteiger partial charge in [0.15, 0.2) is 0 Å². The standard InChI is InChI=1S/C16H19N3OS.2ClH/c1-12-14(16(20)19-10-5-8-17-9-11-19)21-15(18-12)13-6-3-2-4-7-13;;/h2-4,6-7,17H,5,8-11H2,1H3;2*1H. The molecule has 1 amide bonds. The first-order valence-electron chi connectivity index (χ1n) is 7.28. The molecule has 23 heavy (non-hydrogen) atoms. The maximum atomic E-state index is 12.7. The molecule has 3 rings (SSSR count). The zero-order valence-corrected chi connectivity index (χ0v) is 15.4. The third-order valence-electron chi connectivity index (χ3n) is 3.64. The number of rotatable bonds is 2. The Morgan fingerprint density at radius 2 is 1.91 bits per heavy atom. The van der Waals surface area contributed by atoms with Crippen LogP contribution in [0.4, 0.5) is 0 Å². The molecule has 1 aliphatic rings. The Morgan fingerprint density at radius 3 is 2.65 bits per heavy atom. The summed E-state index contributed by atoms with van der Waals surface area (Å²) in [5.41, 5.74) is 1.91. The summed E-state index contributed by atoms with van der Waals surface area (Å²) in [7, 11) is 0. The summed E-state index contributed by atoms with van der Waals surface area (Å²) in [5.74, 6) is 0.121. The number of thiazole rings is 1. The number of carbonyl (C=O) groups excluding carboxylic acids is 1. The average Bonchev–Trinajstić information content (AvgIpc) is 2.74. The number of amides is 1. The fourth-order valence-corrected chi connectivity index (χ4v) is 3.53. The largest absolute Gasteiger partial charge is 0.337 e. The number of aromatic nitrogens is 1. The van der Waals surface area contributed by atoms with Crippen molar-refractivity contribution in [2.75, 3.05) is 26.2 Å². The zero-order chi connectivity index (χ0) is 14.7. The molecule has 0 atom stereocenters. The maximum absolute atomic E-state index is 12.7. The summed E-state index contributed by atoms with van der Waals surface area (Å²) >= 11 is 1.50. The third kappa shape index (κ3) is 4.67. The molecule has 0 unspecified atom stereocenters. The van der Waals surface area contributed by atoms with Gasteiger partial charge in [0.1, 0.15) is 9.88 Å². The first kappa shape index (κ1) is 19.9. The molecule has 1 N–H and O–H groups in total. The highest BCUT2D eigenvalue weighted by Gasteiger charge is 2.22. The van der Waals surface area contributed by atoms with Crippen LogP contribution in [-0.2, 0) is 0 Å². The van der Waals surface area contributed by atoms with E-state index in [1.165, 1.54) is 11.3 Å². The number of nitrogens with zero attached hydrogens (tertiary/aromatic N) is 2. The number of halogens is 2. The van der Waals surface area contributed by atoms with Crippen LogP contribution in [0.2, 0.25) is 0 Å². The molecule has 126 valence electrons. The second-order valence-corrected chi connectivity index (χ2v) is 6.19. The summed E-state index contributed by atoms with van der Waals surface area (Å²) in [4.78, 5) is 20.0. The first-order valence-corrected chi connectivity index (χ1v) is 8.10. The van der Waals surface area contributed by atoms with Crippen LogP contribution in [-0.4, -0.2) is 42.0 Å². The highest BCUT2D eigenvalue weighted by Crippen LogP contribution is 2.28. The maximum Gasteiger partial charge on any atom is 0.265 e. The lowest BCUT2D eigenvalue weighted by atomic mass is 10.2. The Labute approximate surface area is 153 Å². The van der Waals surface area contributed by atoms with Crippen molar-refractivity contribution in [2.45, 2.75) is 13.3 Å². The Balaban J connectivity index is 0.00000132. The molecule has 4 nitrogen and oxygen atoms in total. The third-order valence-corrected chi connectivity index (χ3v) is 4.83. The van der Waals surface area contributed by atoms with Crippen molar-refractivity contribution in [2.24, 2.45) is 0 Å². The molecule has 1 fully saturated rings. The van der Waals surface area contributed by atoms with Gasteiger partial charge in [-0.1, -0.05) is 30.3 Å². The Morgan fingerprint density at radius 1 is 1.17 bits per heavy atom. The van der Waals surface area contributed by atoms with E-state index in [0.717, 1.165) is 53.7 Å². The minimum Gasteiger partial charge on any atom is -0.337 e. The normalized spacial score (nSPS) is 14.4. The number of nitrogens with one attached hydrogen (secondary N) is 1. The minimum absolute atomic E-state index is 0. The van der Waals surface area contributed by atoms with Crippen LogP contribution in [0.25, 0.3) is 10.6 Å². The SMILES string of the molecule is Cc1nc(-c2ccccc2)sc1C(=O)N1CCCNCC1.Cl.Cl. The average molecular weight is 374 g/mol. The van der Waals surface area contributed by atoms with Gasteiger partial charge in [-0.3, -0.25) is 4.79 Å². The van der Waals surface area contributed by atoms with E-state index in [1.807, 2.05) is 42.2 Å². The first-order chi connectivity index (χ1) is 10.3. The molecular weight excluding hydrogens is 353 g/mol. The van der Waals surface area contributed by atoms with E-state index in [9.17, 15) is 4.79 Å². The lowest BCUT2D eigenvalue weighted by molar-refractivity contribution is 0.0770. The van der Waals surface area contributed by atoms with E-state index in [4.69, 9.17) is 0 Å². The Kier molecular flexibility index (Phi) is 7.99. The van der Waals surface area contributed by atoms with Gasteiger partial charge >= 0.3 is 0 Å². The van der Waals surface area contributed by atoms with Gasteiger partial charge in [-0.15, -0.1) is 36.2 Å². The monoisotopic (exact) mass is 373 g/mol. The lowest BCUT2D eigenvalue weighted by Crippen LogP contribution is -2.34. The second-order valence-electron chi connectivity index (χ2n) is 5.20. The Bertz CT molecular complexity index is 626. The van der Waals surface area contributed by atoms with Crippen LogP contribution in [0.15, 0.2) is 30.3 Å². The van der Waals surface area contributed by atoms with Gasteiger partial charge in [-0.2, -0.15) is 0 Å². The van der Waals surface area contributed by atoms with Crippen molar-refractivity contribution in [3.63, 3.8) is 0 Å². The summed E-state index contributed by atoms with van der Waals surface area (Å²) in [6.45, 7) is 5.38. The molecule has 0 saturated carbocycles. The van der Waals surface area contributed by atoms with Crippen LogP contribution in [0.1, 0.15) is 21.8 Å². The van der Waals surface area contributed by atoms with E-state index in [1.54, 1.807) is 0 Å². The molecule has 1 aromatic carbocycles. The highest BCUT2D eigenvalue weighted by molar-refractivity contribution is 7.17. The summed E-state index contributed by atoms with van der Waals surface area (Å²) in [5, 5.41) is 4.24. The zero-order valence-electron chi connectivity index (χ0n) is 12.9. The molecule has 1 saturated heterocycles. The summed E-state index contributed by atoms with van der Waals surface area (Å²) < 4.78 is 0. The number of benzene rings is 1. The molecule has 2 heterocycles. The quantitative estimate of drug-likeness (QED) is 0.877. The van der Waals surface area contributed by atoms with Crippen molar-refractivity contribution in [1.82, 2.24) is 15.2 Å². The van der Waals surface area contributed by atoms with Gasteiger partial charge in [-0.25, -0.2) is 4.98 Å². The van der Waals surface area contributed by atoms with Crippen LogP contribution in [0.3, 0.4) is 0 Å². The van der Waals surface area contributed by atoms with E-state index in [0.29, 0.717) is 0 Å². The second kappa shape index (κ2) is 9.23. The molecule has 0 bridgehead atoms. The van der Waals surface area contributed by atoms with Crippen molar-refractivity contribution in [1.29, 1.82) is 0 Å². The Hall–Kier alpha value is -1.14. The smallest absolute Gasteiger partial charge is 0.265 e. The molecule has 1 aliphatic heterocycles. The molecule has 0 radical (unpaired) electrons. The van der Waals surface area contributed by atoms with E-state index in [-0.39, 0.29) is 30.7 Å². The van der Waals surface area contributed by atoms with Gasteiger partial charge in [0.2, 0.25) is 0 Å². The van der Waals surface area contributed by atoms with Crippen LogP contribution in [0.5, 0.6) is 0 Å². The number of carbonyl (C=O) groups is 1. The topological polar surface area (TPSA) is 45.2 Å². The molecule has 2 aromatic rings. The van der Waals surface area contributed by atoms with Crippen molar-refractivity contribution in [3.05, 3.63) is 40.9 Å². The fourth-order valence-electron chi connectivity index (χ4n) is 2.49. The van der Waals surface area contributed by atoms with Crippen LogP contribution in [0, 0.1) is 6.92 Å². The molecule has 1 aromatic heterocycles. The minimum atomic E-state index is 0. The molecule has 0 spiro atoms.